The molecule has 0 unspecified atom stereocenters. The third-order valence-electron chi connectivity index (χ3n) is 3.28. The fraction of sp³-hybridized carbons (Fsp3) is 0.294. The highest BCUT2D eigenvalue weighted by Gasteiger charge is 2.11. The Labute approximate surface area is 114 Å². The first-order chi connectivity index (χ1) is 9.10. The number of hydrogen-bond donors (Lipinski definition) is 0. The SMILES string of the molecule is CCc1ccc(CC(=O)c2ncc(C)cc2C)cc1. The molecule has 0 fully saturated rings. The van der Waals surface area contributed by atoms with Gasteiger partial charge >= 0.3 is 0 Å². The maximum Gasteiger partial charge on any atom is 0.185 e. The lowest BCUT2D eigenvalue weighted by Gasteiger charge is -2.06. The highest BCUT2D eigenvalue weighted by atomic mass is 16.1. The van der Waals surface area contributed by atoms with Crippen LogP contribution in [0, 0.1) is 13.8 Å². The molecule has 0 amide bonds. The second kappa shape index (κ2) is 5.79. The van der Waals surface area contributed by atoms with Gasteiger partial charge in [0.2, 0.25) is 0 Å². The summed E-state index contributed by atoms with van der Waals surface area (Å²) in [6.45, 7) is 6.05. The van der Waals surface area contributed by atoms with Crippen LogP contribution in [0.4, 0.5) is 0 Å². The lowest BCUT2D eigenvalue weighted by atomic mass is 10.0. The second-order valence-electron chi connectivity index (χ2n) is 4.95. The molecule has 2 heteroatoms. The number of aromatic nitrogens is 1. The molecule has 98 valence electrons. The molecule has 2 rings (SSSR count). The zero-order valence-corrected chi connectivity index (χ0v) is 11.7. The molecule has 0 spiro atoms. The molecule has 0 saturated heterocycles. The molecule has 1 heterocycles. The lowest BCUT2D eigenvalue weighted by molar-refractivity contribution is 0.0987. The summed E-state index contributed by atoms with van der Waals surface area (Å²) in [7, 11) is 0. The summed E-state index contributed by atoms with van der Waals surface area (Å²) in [6, 6.07) is 10.2. The quantitative estimate of drug-likeness (QED) is 0.778. The van der Waals surface area contributed by atoms with Gasteiger partial charge in [-0.3, -0.25) is 9.78 Å². The minimum absolute atomic E-state index is 0.0850. The molecular formula is C17H19NO. The topological polar surface area (TPSA) is 30.0 Å². The largest absolute Gasteiger partial charge is 0.292 e. The van der Waals surface area contributed by atoms with E-state index in [1.54, 1.807) is 6.20 Å². The normalized spacial score (nSPS) is 10.5. The van der Waals surface area contributed by atoms with Crippen LogP contribution in [0.3, 0.4) is 0 Å². The molecule has 0 aliphatic carbocycles. The zero-order chi connectivity index (χ0) is 13.8. The summed E-state index contributed by atoms with van der Waals surface area (Å²) in [4.78, 5) is 16.5. The van der Waals surface area contributed by atoms with Gasteiger partial charge in [-0.05, 0) is 42.5 Å². The van der Waals surface area contributed by atoms with Crippen molar-refractivity contribution in [2.45, 2.75) is 33.6 Å². The van der Waals surface area contributed by atoms with E-state index < -0.39 is 0 Å². The van der Waals surface area contributed by atoms with E-state index in [2.05, 4.69) is 24.0 Å². The Balaban J connectivity index is 2.15. The fourth-order valence-corrected chi connectivity index (χ4v) is 2.17. The van der Waals surface area contributed by atoms with Gasteiger partial charge in [-0.1, -0.05) is 37.3 Å². The molecule has 0 aliphatic heterocycles. The smallest absolute Gasteiger partial charge is 0.185 e. The van der Waals surface area contributed by atoms with E-state index >= 15 is 0 Å². The molecule has 1 aromatic heterocycles. The lowest BCUT2D eigenvalue weighted by Crippen LogP contribution is -2.08. The van der Waals surface area contributed by atoms with Crippen molar-refractivity contribution in [2.24, 2.45) is 0 Å². The summed E-state index contributed by atoms with van der Waals surface area (Å²) in [5.74, 6) is 0.0850. The van der Waals surface area contributed by atoms with Crippen molar-refractivity contribution in [1.82, 2.24) is 4.98 Å². The van der Waals surface area contributed by atoms with Gasteiger partial charge in [0, 0.05) is 12.6 Å². The predicted octanol–water partition coefficient (Wildman–Crippen LogP) is 3.69. The Bertz CT molecular complexity index is 585. The average Bonchev–Trinajstić information content (AvgIpc) is 2.39. The number of benzene rings is 1. The van der Waals surface area contributed by atoms with Crippen molar-refractivity contribution in [3.05, 3.63) is 64.5 Å². The van der Waals surface area contributed by atoms with E-state index in [1.807, 2.05) is 32.0 Å². The molecule has 0 radical (unpaired) electrons. The number of ketones is 1. The first-order valence-corrected chi connectivity index (χ1v) is 6.64. The number of rotatable bonds is 4. The Kier molecular flexibility index (Phi) is 4.10. The Morgan fingerprint density at radius 3 is 2.32 bits per heavy atom. The van der Waals surface area contributed by atoms with Gasteiger partial charge in [-0.25, -0.2) is 0 Å². The molecule has 0 N–H and O–H groups in total. The summed E-state index contributed by atoms with van der Waals surface area (Å²) in [5, 5.41) is 0. The summed E-state index contributed by atoms with van der Waals surface area (Å²) < 4.78 is 0. The van der Waals surface area contributed by atoms with Crippen LogP contribution < -0.4 is 0 Å². The molecule has 1 aromatic carbocycles. The van der Waals surface area contributed by atoms with E-state index in [0.29, 0.717) is 12.1 Å². The maximum absolute atomic E-state index is 12.2. The van der Waals surface area contributed by atoms with Gasteiger partial charge in [0.25, 0.3) is 0 Å². The van der Waals surface area contributed by atoms with Crippen molar-refractivity contribution < 1.29 is 4.79 Å². The third kappa shape index (κ3) is 3.28. The van der Waals surface area contributed by atoms with Gasteiger partial charge < -0.3 is 0 Å². The summed E-state index contributed by atoms with van der Waals surface area (Å²) in [6.07, 6.45) is 3.19. The fourth-order valence-electron chi connectivity index (χ4n) is 2.17. The van der Waals surface area contributed by atoms with Crippen molar-refractivity contribution in [3.8, 4) is 0 Å². The molecule has 2 aromatic rings. The van der Waals surface area contributed by atoms with Crippen LogP contribution in [0.1, 0.15) is 39.7 Å². The van der Waals surface area contributed by atoms with Crippen molar-refractivity contribution >= 4 is 5.78 Å². The standard InChI is InChI=1S/C17H19NO/c1-4-14-5-7-15(8-6-14)10-16(19)17-13(3)9-12(2)11-18-17/h5-9,11H,4,10H2,1-3H3. The minimum atomic E-state index is 0.0850. The summed E-state index contributed by atoms with van der Waals surface area (Å²) in [5.41, 5.74) is 4.96. The Morgan fingerprint density at radius 1 is 1.11 bits per heavy atom. The maximum atomic E-state index is 12.2. The molecule has 2 nitrogen and oxygen atoms in total. The van der Waals surface area contributed by atoms with Crippen LogP contribution in [0.2, 0.25) is 0 Å². The Hall–Kier alpha value is -1.96. The number of carbonyl (C=O) groups is 1. The molecule has 19 heavy (non-hydrogen) atoms. The van der Waals surface area contributed by atoms with Crippen LogP contribution in [-0.2, 0) is 12.8 Å². The van der Waals surface area contributed by atoms with Crippen LogP contribution in [-0.4, -0.2) is 10.8 Å². The zero-order valence-electron chi connectivity index (χ0n) is 11.7. The number of pyridine rings is 1. The first-order valence-electron chi connectivity index (χ1n) is 6.64. The van der Waals surface area contributed by atoms with Gasteiger partial charge in [-0.2, -0.15) is 0 Å². The Morgan fingerprint density at radius 2 is 1.74 bits per heavy atom. The highest BCUT2D eigenvalue weighted by molar-refractivity contribution is 5.97. The van der Waals surface area contributed by atoms with Gasteiger partial charge in [0.15, 0.2) is 5.78 Å². The number of hydrogen-bond acceptors (Lipinski definition) is 2. The minimum Gasteiger partial charge on any atom is -0.292 e. The first kappa shape index (κ1) is 13.5. The molecule has 0 atom stereocenters. The van der Waals surface area contributed by atoms with Crippen LogP contribution in [0.25, 0.3) is 0 Å². The van der Waals surface area contributed by atoms with Gasteiger partial charge in [0.1, 0.15) is 5.69 Å². The van der Waals surface area contributed by atoms with Crippen molar-refractivity contribution in [1.29, 1.82) is 0 Å². The van der Waals surface area contributed by atoms with E-state index in [9.17, 15) is 4.79 Å². The molecule has 0 bridgehead atoms. The van der Waals surface area contributed by atoms with Gasteiger partial charge in [0.05, 0.1) is 0 Å². The average molecular weight is 253 g/mol. The molecular weight excluding hydrogens is 234 g/mol. The van der Waals surface area contributed by atoms with E-state index in [1.165, 1.54) is 5.56 Å². The number of Topliss-reactive ketones (excluding diaryl/α,β-unsaturated/α-hetero) is 1. The van der Waals surface area contributed by atoms with Crippen LogP contribution in [0.15, 0.2) is 36.5 Å². The monoisotopic (exact) mass is 253 g/mol. The number of carbonyl (C=O) groups excluding carboxylic acids is 1. The van der Waals surface area contributed by atoms with E-state index in [4.69, 9.17) is 0 Å². The molecule has 0 saturated carbocycles. The third-order valence-corrected chi connectivity index (χ3v) is 3.28. The predicted molar refractivity (Wildman–Crippen MR) is 77.6 cm³/mol. The number of aryl methyl sites for hydroxylation is 3. The number of nitrogens with zero attached hydrogens (tertiary/aromatic N) is 1. The van der Waals surface area contributed by atoms with Crippen molar-refractivity contribution in [2.75, 3.05) is 0 Å². The van der Waals surface area contributed by atoms with E-state index in [-0.39, 0.29) is 5.78 Å². The van der Waals surface area contributed by atoms with E-state index in [0.717, 1.165) is 23.1 Å². The molecule has 0 aliphatic rings. The van der Waals surface area contributed by atoms with Crippen LogP contribution >= 0.6 is 0 Å². The summed E-state index contributed by atoms with van der Waals surface area (Å²) >= 11 is 0. The van der Waals surface area contributed by atoms with Gasteiger partial charge in [-0.15, -0.1) is 0 Å². The second-order valence-corrected chi connectivity index (χ2v) is 4.95. The van der Waals surface area contributed by atoms with Crippen molar-refractivity contribution in [3.63, 3.8) is 0 Å². The van der Waals surface area contributed by atoms with Crippen LogP contribution in [0.5, 0.6) is 0 Å². The highest BCUT2D eigenvalue weighted by Crippen LogP contribution is 2.12.